The number of rotatable bonds is 8. The van der Waals surface area contributed by atoms with E-state index in [1.807, 2.05) is 13.8 Å². The highest BCUT2D eigenvalue weighted by Crippen LogP contribution is 2.23. The van der Waals surface area contributed by atoms with Gasteiger partial charge in [-0.2, -0.15) is 4.31 Å². The summed E-state index contributed by atoms with van der Waals surface area (Å²) in [5, 5.41) is 4.96. The molecule has 28 heavy (non-hydrogen) atoms. The number of hydrogen-bond donors (Lipinski definition) is 2. The molecule has 0 spiro atoms. The number of nitrogens with zero attached hydrogens (tertiary/aromatic N) is 1. The number of anilines is 1. The maximum atomic E-state index is 12.7. The number of carbonyl (C=O) groups excluding carboxylic acids is 1. The van der Waals surface area contributed by atoms with Gasteiger partial charge in [-0.3, -0.25) is 4.79 Å². The molecule has 2 aromatic rings. The smallest absolute Gasteiger partial charge is 0.279 e. The molecule has 8 heteroatoms. The lowest BCUT2D eigenvalue weighted by atomic mass is 10.2. The van der Waals surface area contributed by atoms with Gasteiger partial charge in [0.05, 0.1) is 16.3 Å². The van der Waals surface area contributed by atoms with Crippen molar-refractivity contribution in [2.45, 2.75) is 37.6 Å². The summed E-state index contributed by atoms with van der Waals surface area (Å²) in [6.45, 7) is 5.82. The number of hydrogen-bond acceptors (Lipinski definition) is 4. The van der Waals surface area contributed by atoms with Crippen LogP contribution in [0, 0.1) is 0 Å². The van der Waals surface area contributed by atoms with Crippen molar-refractivity contribution >= 4 is 33.0 Å². The summed E-state index contributed by atoms with van der Waals surface area (Å²) in [4.78, 5) is 15.4. The molecule has 1 aliphatic rings. The summed E-state index contributed by atoms with van der Waals surface area (Å²) in [5.74, 6) is -0.0872. The van der Waals surface area contributed by atoms with Gasteiger partial charge in [-0.05, 0) is 29.6 Å². The normalized spacial score (nSPS) is 19.8. The first-order valence-electron chi connectivity index (χ1n) is 9.73. The average molecular weight is 423 g/mol. The molecule has 0 radical (unpaired) electrons. The molecule has 1 aromatic heterocycles. The van der Waals surface area contributed by atoms with Crippen molar-refractivity contribution in [3.05, 3.63) is 46.7 Å². The van der Waals surface area contributed by atoms with Crippen LogP contribution in [0.4, 0.5) is 5.69 Å². The summed E-state index contributed by atoms with van der Waals surface area (Å²) in [6.07, 6.45) is 2.21. The Kier molecular flexibility index (Phi) is 6.87. The van der Waals surface area contributed by atoms with E-state index in [1.165, 1.54) is 14.1 Å². The van der Waals surface area contributed by atoms with E-state index >= 15 is 0 Å². The predicted octanol–water partition coefficient (Wildman–Crippen LogP) is 2.14. The Morgan fingerprint density at radius 1 is 1.25 bits per heavy atom. The number of amides is 1. The van der Waals surface area contributed by atoms with Crippen molar-refractivity contribution in [3.8, 4) is 0 Å². The fourth-order valence-electron chi connectivity index (χ4n) is 3.81. The first-order valence-corrected chi connectivity index (χ1v) is 12.1. The van der Waals surface area contributed by atoms with Gasteiger partial charge in [-0.15, -0.1) is 11.3 Å². The summed E-state index contributed by atoms with van der Waals surface area (Å²) in [6, 6.07) is 11.1. The molecule has 2 atom stereocenters. The molecule has 1 amide bonds. The first kappa shape index (κ1) is 21.0. The summed E-state index contributed by atoms with van der Waals surface area (Å²) in [7, 11) is -3.54. The van der Waals surface area contributed by atoms with Gasteiger partial charge in [-0.25, -0.2) is 8.42 Å². The van der Waals surface area contributed by atoms with E-state index in [0.717, 1.165) is 19.4 Å². The van der Waals surface area contributed by atoms with Crippen LogP contribution in [0.15, 0.2) is 46.7 Å². The molecule has 152 valence electrons. The number of benzene rings is 1. The number of carbonyl (C=O) groups is 1. The zero-order valence-corrected chi connectivity index (χ0v) is 18.0. The Balaban J connectivity index is 1.68. The van der Waals surface area contributed by atoms with Crippen molar-refractivity contribution in [2.75, 3.05) is 31.5 Å². The SMILES string of the molecule is CCN(CC)S(=O)(=O)c1cccc(NC(=O)C[NH+]2CCC[C@H]2c2cccs2)c1. The molecule has 3 rings (SSSR count). The van der Waals surface area contributed by atoms with Crippen LogP contribution < -0.4 is 10.2 Å². The quantitative estimate of drug-likeness (QED) is 0.685. The van der Waals surface area contributed by atoms with Crippen molar-refractivity contribution < 1.29 is 18.1 Å². The molecule has 1 aromatic carbocycles. The van der Waals surface area contributed by atoms with E-state index in [2.05, 4.69) is 22.8 Å². The first-order chi connectivity index (χ1) is 13.5. The van der Waals surface area contributed by atoms with Crippen LogP contribution in [-0.2, 0) is 14.8 Å². The van der Waals surface area contributed by atoms with Crippen molar-refractivity contribution in [3.63, 3.8) is 0 Å². The minimum absolute atomic E-state index is 0.0872. The molecule has 0 bridgehead atoms. The molecule has 6 nitrogen and oxygen atoms in total. The van der Waals surface area contributed by atoms with E-state index in [-0.39, 0.29) is 10.8 Å². The minimum Gasteiger partial charge on any atom is -0.321 e. The zero-order chi connectivity index (χ0) is 20.1. The highest BCUT2D eigenvalue weighted by molar-refractivity contribution is 7.89. The van der Waals surface area contributed by atoms with Gasteiger partial charge < -0.3 is 10.2 Å². The Labute approximate surface area is 171 Å². The maximum Gasteiger partial charge on any atom is 0.279 e. The molecule has 0 aliphatic carbocycles. The largest absolute Gasteiger partial charge is 0.321 e. The van der Waals surface area contributed by atoms with Crippen LogP contribution >= 0.6 is 11.3 Å². The molecule has 1 unspecified atom stereocenters. The third-order valence-corrected chi connectivity index (χ3v) is 8.25. The van der Waals surface area contributed by atoms with Crippen LogP contribution in [0.25, 0.3) is 0 Å². The van der Waals surface area contributed by atoms with Gasteiger partial charge >= 0.3 is 0 Å². The molecule has 2 N–H and O–H groups in total. The Hall–Kier alpha value is -1.74. The van der Waals surface area contributed by atoms with Crippen LogP contribution in [0.5, 0.6) is 0 Å². The van der Waals surface area contributed by atoms with Gasteiger partial charge in [0.15, 0.2) is 6.54 Å². The highest BCUT2D eigenvalue weighted by atomic mass is 32.2. The average Bonchev–Trinajstić information content (AvgIpc) is 3.34. The lowest BCUT2D eigenvalue weighted by Crippen LogP contribution is -3.11. The van der Waals surface area contributed by atoms with Crippen LogP contribution in [0.2, 0.25) is 0 Å². The van der Waals surface area contributed by atoms with Crippen molar-refractivity contribution in [1.82, 2.24) is 4.31 Å². The number of quaternary nitrogens is 1. The van der Waals surface area contributed by atoms with Gasteiger partial charge in [0.1, 0.15) is 6.04 Å². The maximum absolute atomic E-state index is 12.7. The third kappa shape index (κ3) is 4.63. The van der Waals surface area contributed by atoms with Crippen LogP contribution in [0.3, 0.4) is 0 Å². The molecule has 1 fully saturated rings. The van der Waals surface area contributed by atoms with Gasteiger partial charge in [0.2, 0.25) is 10.0 Å². The second kappa shape index (κ2) is 9.17. The number of nitrogens with one attached hydrogen (secondary N) is 2. The third-order valence-electron chi connectivity index (χ3n) is 5.22. The highest BCUT2D eigenvalue weighted by Gasteiger charge is 2.32. The van der Waals surface area contributed by atoms with Gasteiger partial charge in [0, 0.05) is 31.6 Å². The minimum atomic E-state index is -3.54. The fourth-order valence-corrected chi connectivity index (χ4v) is 6.24. The topological polar surface area (TPSA) is 70.9 Å². The second-order valence-electron chi connectivity index (χ2n) is 6.96. The standard InChI is InChI=1S/C20H27N3O3S2/c1-3-23(4-2)28(25,26)17-9-5-8-16(14-17)21-20(24)15-22-12-6-10-18(22)19-11-7-13-27-19/h5,7-9,11,13-14,18H,3-4,6,10,12,15H2,1-2H3,(H,21,24)/p+1/t18-/m0/s1. The molecular formula is C20H28N3O3S2+. The zero-order valence-electron chi connectivity index (χ0n) is 16.3. The number of thiophene rings is 1. The summed E-state index contributed by atoms with van der Waals surface area (Å²) in [5.41, 5.74) is 0.518. The molecule has 1 saturated heterocycles. The Morgan fingerprint density at radius 2 is 2.04 bits per heavy atom. The Morgan fingerprint density at radius 3 is 2.71 bits per heavy atom. The molecule has 1 aliphatic heterocycles. The Bertz CT molecular complexity index is 893. The van der Waals surface area contributed by atoms with Crippen molar-refractivity contribution in [1.29, 1.82) is 0 Å². The van der Waals surface area contributed by atoms with Crippen LogP contribution in [-0.4, -0.2) is 44.8 Å². The molecule has 0 saturated carbocycles. The van der Waals surface area contributed by atoms with Gasteiger partial charge in [-0.1, -0.05) is 26.0 Å². The molecular weight excluding hydrogens is 394 g/mol. The van der Waals surface area contributed by atoms with E-state index < -0.39 is 10.0 Å². The van der Waals surface area contributed by atoms with Crippen LogP contribution in [0.1, 0.15) is 37.6 Å². The van der Waals surface area contributed by atoms with Crippen molar-refractivity contribution in [2.24, 2.45) is 0 Å². The van der Waals surface area contributed by atoms with E-state index in [4.69, 9.17) is 0 Å². The van der Waals surface area contributed by atoms with E-state index in [0.29, 0.717) is 31.4 Å². The lowest BCUT2D eigenvalue weighted by molar-refractivity contribution is -0.910. The number of sulfonamides is 1. The fraction of sp³-hybridized carbons (Fsp3) is 0.450. The monoisotopic (exact) mass is 422 g/mol. The summed E-state index contributed by atoms with van der Waals surface area (Å²) >= 11 is 1.74. The molecule has 2 heterocycles. The second-order valence-corrected chi connectivity index (χ2v) is 9.88. The lowest BCUT2D eigenvalue weighted by Gasteiger charge is -2.20. The van der Waals surface area contributed by atoms with Gasteiger partial charge in [0.25, 0.3) is 5.91 Å². The number of likely N-dealkylation sites (tertiary alicyclic amines) is 1. The van der Waals surface area contributed by atoms with E-state index in [1.54, 1.807) is 35.6 Å². The van der Waals surface area contributed by atoms with E-state index in [9.17, 15) is 13.2 Å². The predicted molar refractivity (Wildman–Crippen MR) is 112 cm³/mol. The summed E-state index contributed by atoms with van der Waals surface area (Å²) < 4.78 is 26.8.